The molecule has 0 spiro atoms. The highest BCUT2D eigenvalue weighted by atomic mass is 16.6. The zero-order valence-electron chi connectivity index (χ0n) is 13.8. The summed E-state index contributed by atoms with van der Waals surface area (Å²) in [5.74, 6) is 0.406. The summed E-state index contributed by atoms with van der Waals surface area (Å²) in [5.41, 5.74) is 2.55. The molecule has 0 unspecified atom stereocenters. The Balaban J connectivity index is 1.49. The average Bonchev–Trinajstić information content (AvgIpc) is 2.99. The molecule has 2 rings (SSSR count). The van der Waals surface area contributed by atoms with Crippen molar-refractivity contribution in [3.05, 3.63) is 34.4 Å². The summed E-state index contributed by atoms with van der Waals surface area (Å²) in [5, 5.41) is 11.7. The number of ether oxygens (including phenoxy) is 2. The van der Waals surface area contributed by atoms with Crippen LogP contribution in [-0.2, 0) is 9.53 Å². The number of cyclic esters (lactones) is 1. The number of nitro groups is 1. The lowest BCUT2D eigenvalue weighted by molar-refractivity contribution is -0.384. The van der Waals surface area contributed by atoms with E-state index in [0.29, 0.717) is 31.9 Å². The molecule has 1 aliphatic heterocycles. The van der Waals surface area contributed by atoms with E-state index < -0.39 is 11.0 Å². The van der Waals surface area contributed by atoms with Crippen LogP contribution in [-0.4, -0.2) is 41.7 Å². The van der Waals surface area contributed by atoms with Crippen LogP contribution < -0.4 is 10.2 Å². The maximum atomic E-state index is 11.7. The van der Waals surface area contributed by atoms with E-state index in [1.807, 2.05) is 0 Å². The van der Waals surface area contributed by atoms with Crippen molar-refractivity contribution in [2.75, 3.05) is 19.8 Å². The molecule has 1 aromatic carbocycles. The molecule has 0 aliphatic carbocycles. The minimum absolute atomic E-state index is 0.0350. The normalized spacial score (nSPS) is 13.4. The minimum Gasteiger partial charge on any atom is -0.494 e. The number of non-ortho nitro benzene ring substituents is 1. The van der Waals surface area contributed by atoms with Crippen molar-refractivity contribution in [2.45, 2.75) is 32.1 Å². The molecule has 9 nitrogen and oxygen atoms in total. The third-order valence-corrected chi connectivity index (χ3v) is 3.63. The van der Waals surface area contributed by atoms with Crippen molar-refractivity contribution < 1.29 is 24.0 Å². The van der Waals surface area contributed by atoms with Crippen molar-refractivity contribution in [3.8, 4) is 5.75 Å². The van der Waals surface area contributed by atoms with Gasteiger partial charge >= 0.3 is 6.09 Å². The first-order chi connectivity index (χ1) is 12.1. The van der Waals surface area contributed by atoms with E-state index in [0.717, 1.165) is 25.7 Å². The Kier molecular flexibility index (Phi) is 7.00. The molecule has 0 atom stereocenters. The maximum absolute atomic E-state index is 11.7. The van der Waals surface area contributed by atoms with Crippen LogP contribution in [0, 0.1) is 10.1 Å². The second-order valence-electron chi connectivity index (χ2n) is 5.56. The van der Waals surface area contributed by atoms with Crippen molar-refractivity contribution in [2.24, 2.45) is 0 Å². The molecular weight excluding hydrogens is 330 g/mol. The second kappa shape index (κ2) is 9.45. The van der Waals surface area contributed by atoms with Crippen molar-refractivity contribution >= 4 is 17.7 Å². The predicted molar refractivity (Wildman–Crippen MR) is 87.9 cm³/mol. The number of carbonyl (C=O) groups is 2. The number of hydrazine groups is 1. The number of unbranched alkanes of at least 4 members (excludes halogenated alkanes) is 3. The summed E-state index contributed by atoms with van der Waals surface area (Å²) in [6.07, 6.45) is 3.18. The van der Waals surface area contributed by atoms with Crippen molar-refractivity contribution in [1.82, 2.24) is 10.4 Å². The summed E-state index contributed by atoms with van der Waals surface area (Å²) in [7, 11) is 0. The first-order valence-corrected chi connectivity index (χ1v) is 8.17. The van der Waals surface area contributed by atoms with Crippen molar-refractivity contribution in [3.63, 3.8) is 0 Å². The van der Waals surface area contributed by atoms with Crippen LogP contribution >= 0.6 is 0 Å². The molecule has 1 N–H and O–H groups in total. The standard InChI is InChI=1S/C16H21N3O6/c20-15(17-18-10-12-25-16(18)21)5-3-1-2-4-11-24-14-8-6-13(7-9-14)19(22)23/h6-9H,1-5,10-12H2,(H,17,20). The molecule has 25 heavy (non-hydrogen) atoms. The average molecular weight is 351 g/mol. The third-order valence-electron chi connectivity index (χ3n) is 3.63. The quantitative estimate of drug-likeness (QED) is 0.394. The molecule has 0 aromatic heterocycles. The molecule has 136 valence electrons. The van der Waals surface area contributed by atoms with E-state index in [9.17, 15) is 19.7 Å². The van der Waals surface area contributed by atoms with Gasteiger partial charge in [-0.25, -0.2) is 9.80 Å². The van der Waals surface area contributed by atoms with E-state index >= 15 is 0 Å². The Hall–Kier alpha value is -2.84. The smallest absolute Gasteiger partial charge is 0.428 e. The first kappa shape index (κ1) is 18.5. The van der Waals surface area contributed by atoms with Gasteiger partial charge in [-0.15, -0.1) is 0 Å². The number of hydrogen-bond acceptors (Lipinski definition) is 6. The Bertz CT molecular complexity index is 604. The lowest BCUT2D eigenvalue weighted by Gasteiger charge is -2.13. The number of hydrogen-bond donors (Lipinski definition) is 1. The van der Waals surface area contributed by atoms with Gasteiger partial charge in [0.1, 0.15) is 12.4 Å². The number of nitrogens with zero attached hydrogens (tertiary/aromatic N) is 2. The van der Waals surface area contributed by atoms with E-state index in [2.05, 4.69) is 5.43 Å². The highest BCUT2D eigenvalue weighted by Crippen LogP contribution is 2.17. The maximum Gasteiger partial charge on any atom is 0.428 e. The third kappa shape index (κ3) is 6.28. The number of benzene rings is 1. The number of carbonyl (C=O) groups excluding carboxylic acids is 2. The van der Waals surface area contributed by atoms with Crippen LogP contribution in [0.25, 0.3) is 0 Å². The molecule has 1 heterocycles. The van der Waals surface area contributed by atoms with Gasteiger partial charge in [-0.3, -0.25) is 20.3 Å². The van der Waals surface area contributed by atoms with Gasteiger partial charge in [0.05, 0.1) is 18.1 Å². The minimum atomic E-state index is -0.517. The molecule has 0 radical (unpaired) electrons. The summed E-state index contributed by atoms with van der Waals surface area (Å²) in [4.78, 5) is 32.9. The van der Waals surface area contributed by atoms with Gasteiger partial charge in [0.25, 0.3) is 5.69 Å². The molecule has 1 aromatic rings. The summed E-state index contributed by atoms with van der Waals surface area (Å²) in [6, 6.07) is 5.96. The fraction of sp³-hybridized carbons (Fsp3) is 0.500. The van der Waals surface area contributed by atoms with E-state index in [1.54, 1.807) is 12.1 Å². The molecule has 1 aliphatic rings. The fourth-order valence-corrected chi connectivity index (χ4v) is 2.30. The van der Waals surface area contributed by atoms with Gasteiger partial charge in [-0.2, -0.15) is 0 Å². The van der Waals surface area contributed by atoms with Gasteiger partial charge in [-0.1, -0.05) is 12.8 Å². The molecule has 2 amide bonds. The highest BCUT2D eigenvalue weighted by Gasteiger charge is 2.23. The first-order valence-electron chi connectivity index (χ1n) is 8.17. The summed E-state index contributed by atoms with van der Waals surface area (Å²) < 4.78 is 10.2. The van der Waals surface area contributed by atoms with Crippen molar-refractivity contribution in [1.29, 1.82) is 0 Å². The Morgan fingerprint density at radius 3 is 2.60 bits per heavy atom. The topological polar surface area (TPSA) is 111 Å². The van der Waals surface area contributed by atoms with E-state index in [-0.39, 0.29) is 11.6 Å². The van der Waals surface area contributed by atoms with E-state index in [1.165, 1.54) is 17.1 Å². The summed E-state index contributed by atoms with van der Waals surface area (Å²) in [6.45, 7) is 1.20. The molecule has 9 heteroatoms. The summed E-state index contributed by atoms with van der Waals surface area (Å²) >= 11 is 0. The molecule has 0 bridgehead atoms. The number of amides is 2. The van der Waals surface area contributed by atoms with Gasteiger partial charge in [0.2, 0.25) is 5.91 Å². The molecule has 1 fully saturated rings. The Morgan fingerprint density at radius 2 is 1.96 bits per heavy atom. The molecule has 1 saturated heterocycles. The number of nitrogens with one attached hydrogen (secondary N) is 1. The number of nitro benzene ring substituents is 1. The van der Waals surface area contributed by atoms with Crippen LogP contribution in [0.5, 0.6) is 5.75 Å². The zero-order chi connectivity index (χ0) is 18.1. The van der Waals surface area contributed by atoms with Gasteiger partial charge in [-0.05, 0) is 25.0 Å². The highest BCUT2D eigenvalue weighted by molar-refractivity contribution is 5.79. The lowest BCUT2D eigenvalue weighted by Crippen LogP contribution is -2.42. The number of rotatable bonds is 10. The van der Waals surface area contributed by atoms with Crippen LogP contribution in [0.3, 0.4) is 0 Å². The second-order valence-corrected chi connectivity index (χ2v) is 5.56. The zero-order valence-corrected chi connectivity index (χ0v) is 13.8. The van der Waals surface area contributed by atoms with Crippen LogP contribution in [0.15, 0.2) is 24.3 Å². The van der Waals surface area contributed by atoms with E-state index in [4.69, 9.17) is 9.47 Å². The predicted octanol–water partition coefficient (Wildman–Crippen LogP) is 2.41. The van der Waals surface area contributed by atoms with Gasteiger partial charge < -0.3 is 9.47 Å². The van der Waals surface area contributed by atoms with Crippen LogP contribution in [0.4, 0.5) is 10.5 Å². The largest absolute Gasteiger partial charge is 0.494 e. The molecule has 0 saturated carbocycles. The van der Waals surface area contributed by atoms with Crippen LogP contribution in [0.2, 0.25) is 0 Å². The SMILES string of the molecule is O=C(CCCCCCOc1ccc([N+](=O)[O-])cc1)NN1CCOC1=O. The monoisotopic (exact) mass is 351 g/mol. The lowest BCUT2D eigenvalue weighted by atomic mass is 10.1. The Morgan fingerprint density at radius 1 is 1.24 bits per heavy atom. The van der Waals surface area contributed by atoms with Crippen LogP contribution in [0.1, 0.15) is 32.1 Å². The van der Waals surface area contributed by atoms with Gasteiger partial charge in [0, 0.05) is 18.6 Å². The fourth-order valence-electron chi connectivity index (χ4n) is 2.30. The molecular formula is C16H21N3O6. The van der Waals surface area contributed by atoms with Gasteiger partial charge in [0.15, 0.2) is 0 Å². The Labute approximate surface area is 145 Å².